The molecule has 1 aromatic heterocycles. The molecular formula is C35H24N2. The molecule has 174 valence electrons. The maximum Gasteiger partial charge on any atom is 0.0702 e. The van der Waals surface area contributed by atoms with Gasteiger partial charge in [-0.15, -0.1) is 0 Å². The van der Waals surface area contributed by atoms with Crippen LogP contribution in [0.2, 0.25) is 0 Å². The van der Waals surface area contributed by atoms with E-state index in [1.807, 2.05) is 12.3 Å². The smallest absolute Gasteiger partial charge is 0.0702 e. The Balaban J connectivity index is 1.37. The molecule has 0 saturated carbocycles. The molecule has 7 rings (SSSR count). The van der Waals surface area contributed by atoms with Gasteiger partial charge in [-0.3, -0.25) is 4.98 Å². The van der Waals surface area contributed by atoms with E-state index in [1.165, 1.54) is 32.7 Å². The summed E-state index contributed by atoms with van der Waals surface area (Å²) in [6, 6.07) is 49.8. The second kappa shape index (κ2) is 8.92. The van der Waals surface area contributed by atoms with Crippen LogP contribution in [0.1, 0.15) is 0 Å². The number of hydrogen-bond acceptors (Lipinski definition) is 2. The summed E-state index contributed by atoms with van der Waals surface area (Å²) >= 11 is 0. The molecule has 0 N–H and O–H groups in total. The van der Waals surface area contributed by atoms with Gasteiger partial charge in [0, 0.05) is 28.6 Å². The van der Waals surface area contributed by atoms with Crippen LogP contribution in [0.3, 0.4) is 0 Å². The first-order valence-corrected chi connectivity index (χ1v) is 12.5. The quantitative estimate of drug-likeness (QED) is 0.253. The van der Waals surface area contributed by atoms with E-state index in [0.717, 1.165) is 28.0 Å². The molecule has 6 aromatic carbocycles. The van der Waals surface area contributed by atoms with E-state index in [0.29, 0.717) is 0 Å². The lowest BCUT2D eigenvalue weighted by Gasteiger charge is -2.26. The van der Waals surface area contributed by atoms with Gasteiger partial charge in [0.05, 0.1) is 5.52 Å². The lowest BCUT2D eigenvalue weighted by molar-refractivity contribution is 1.29. The van der Waals surface area contributed by atoms with Gasteiger partial charge >= 0.3 is 0 Å². The van der Waals surface area contributed by atoms with Crippen LogP contribution in [0.4, 0.5) is 17.1 Å². The number of pyridine rings is 1. The molecule has 0 amide bonds. The lowest BCUT2D eigenvalue weighted by atomic mass is 9.99. The Morgan fingerprint density at radius 1 is 0.378 bits per heavy atom. The number of para-hydroxylation sites is 1. The Morgan fingerprint density at radius 2 is 0.973 bits per heavy atom. The highest BCUT2D eigenvalue weighted by Crippen LogP contribution is 2.38. The van der Waals surface area contributed by atoms with Crippen LogP contribution in [0.25, 0.3) is 43.6 Å². The number of aromatic nitrogens is 1. The zero-order valence-electron chi connectivity index (χ0n) is 20.3. The monoisotopic (exact) mass is 472 g/mol. The standard InChI is InChI=1S/C35H24N2/c1-2-10-32(11-3-1)37(33-17-14-25-7-4-5-8-27(25)23-33)34-18-15-26-12-13-28(22-31(26)24-34)29-16-19-35-30(21-29)9-6-20-36-35/h1-24H. The van der Waals surface area contributed by atoms with Crippen LogP contribution in [0.15, 0.2) is 146 Å². The lowest BCUT2D eigenvalue weighted by Crippen LogP contribution is -2.09. The Morgan fingerprint density at radius 3 is 1.78 bits per heavy atom. The molecule has 0 saturated heterocycles. The van der Waals surface area contributed by atoms with Crippen molar-refractivity contribution < 1.29 is 0 Å². The molecular weight excluding hydrogens is 448 g/mol. The summed E-state index contributed by atoms with van der Waals surface area (Å²) in [7, 11) is 0. The van der Waals surface area contributed by atoms with Crippen LogP contribution in [0, 0.1) is 0 Å². The molecule has 0 radical (unpaired) electrons. The zero-order chi connectivity index (χ0) is 24.6. The Labute approximate surface area is 216 Å². The van der Waals surface area contributed by atoms with E-state index < -0.39 is 0 Å². The van der Waals surface area contributed by atoms with Gasteiger partial charge in [-0.1, -0.05) is 78.9 Å². The molecule has 1 heterocycles. The Bertz CT molecular complexity index is 1890. The fraction of sp³-hybridized carbons (Fsp3) is 0. The van der Waals surface area contributed by atoms with E-state index >= 15 is 0 Å². The zero-order valence-corrected chi connectivity index (χ0v) is 20.3. The van der Waals surface area contributed by atoms with E-state index in [-0.39, 0.29) is 0 Å². The predicted octanol–water partition coefficient (Wildman–Crippen LogP) is 9.68. The number of benzene rings is 6. The van der Waals surface area contributed by atoms with Crippen LogP contribution < -0.4 is 4.90 Å². The molecule has 37 heavy (non-hydrogen) atoms. The first-order valence-electron chi connectivity index (χ1n) is 12.5. The minimum Gasteiger partial charge on any atom is -0.310 e. The molecule has 0 bridgehead atoms. The van der Waals surface area contributed by atoms with Crippen molar-refractivity contribution in [2.75, 3.05) is 4.90 Å². The minimum atomic E-state index is 1.02. The van der Waals surface area contributed by atoms with Gasteiger partial charge in [0.25, 0.3) is 0 Å². The highest BCUT2D eigenvalue weighted by Gasteiger charge is 2.14. The van der Waals surface area contributed by atoms with Crippen LogP contribution in [0.5, 0.6) is 0 Å². The fourth-order valence-electron chi connectivity index (χ4n) is 5.15. The van der Waals surface area contributed by atoms with Crippen molar-refractivity contribution in [3.05, 3.63) is 146 Å². The number of anilines is 3. The second-order valence-corrected chi connectivity index (χ2v) is 9.36. The van der Waals surface area contributed by atoms with Gasteiger partial charge in [0.15, 0.2) is 0 Å². The first kappa shape index (κ1) is 21.3. The maximum atomic E-state index is 4.47. The summed E-state index contributed by atoms with van der Waals surface area (Å²) in [6.45, 7) is 0. The van der Waals surface area contributed by atoms with Crippen LogP contribution in [-0.2, 0) is 0 Å². The summed E-state index contributed by atoms with van der Waals surface area (Å²) in [5.41, 5.74) is 6.82. The van der Waals surface area contributed by atoms with Crippen molar-refractivity contribution in [3.63, 3.8) is 0 Å². The largest absolute Gasteiger partial charge is 0.310 e. The van der Waals surface area contributed by atoms with Crippen molar-refractivity contribution in [2.45, 2.75) is 0 Å². The van der Waals surface area contributed by atoms with Crippen molar-refractivity contribution in [3.8, 4) is 11.1 Å². The van der Waals surface area contributed by atoms with Crippen molar-refractivity contribution in [1.29, 1.82) is 0 Å². The average molecular weight is 473 g/mol. The predicted molar refractivity (Wildman–Crippen MR) is 157 cm³/mol. The summed E-state index contributed by atoms with van der Waals surface area (Å²) in [5.74, 6) is 0. The van der Waals surface area contributed by atoms with Gasteiger partial charge in [0.1, 0.15) is 0 Å². The SMILES string of the molecule is c1ccc(N(c2ccc3ccccc3c2)c2ccc3ccc(-c4ccc5ncccc5c4)cc3c2)cc1. The summed E-state index contributed by atoms with van der Waals surface area (Å²) in [5, 5.41) is 6.06. The summed E-state index contributed by atoms with van der Waals surface area (Å²) in [4.78, 5) is 6.80. The molecule has 7 aromatic rings. The number of fused-ring (bicyclic) bond motifs is 3. The first-order chi connectivity index (χ1) is 18.3. The van der Waals surface area contributed by atoms with Crippen molar-refractivity contribution in [1.82, 2.24) is 4.98 Å². The molecule has 0 fully saturated rings. The molecule has 0 aliphatic heterocycles. The highest BCUT2D eigenvalue weighted by molar-refractivity contribution is 5.95. The van der Waals surface area contributed by atoms with Gasteiger partial charge in [0.2, 0.25) is 0 Å². The molecule has 0 aliphatic carbocycles. The maximum absolute atomic E-state index is 4.47. The molecule has 0 spiro atoms. The second-order valence-electron chi connectivity index (χ2n) is 9.36. The van der Waals surface area contributed by atoms with E-state index in [1.54, 1.807) is 0 Å². The number of rotatable bonds is 4. The van der Waals surface area contributed by atoms with E-state index in [9.17, 15) is 0 Å². The normalized spacial score (nSPS) is 11.2. The van der Waals surface area contributed by atoms with E-state index in [4.69, 9.17) is 0 Å². The molecule has 2 heteroatoms. The average Bonchev–Trinajstić information content (AvgIpc) is 2.97. The van der Waals surface area contributed by atoms with Crippen LogP contribution in [-0.4, -0.2) is 4.98 Å². The van der Waals surface area contributed by atoms with E-state index in [2.05, 4.69) is 143 Å². The third kappa shape index (κ3) is 3.99. The number of hydrogen-bond donors (Lipinski definition) is 0. The van der Waals surface area contributed by atoms with Crippen molar-refractivity contribution in [2.24, 2.45) is 0 Å². The summed E-state index contributed by atoms with van der Waals surface area (Å²) < 4.78 is 0. The van der Waals surface area contributed by atoms with Gasteiger partial charge in [-0.2, -0.15) is 0 Å². The summed E-state index contributed by atoms with van der Waals surface area (Å²) in [6.07, 6.45) is 1.84. The van der Waals surface area contributed by atoms with Gasteiger partial charge in [-0.25, -0.2) is 0 Å². The third-order valence-electron chi connectivity index (χ3n) is 7.02. The molecule has 0 atom stereocenters. The Kier molecular flexibility index (Phi) is 5.15. The molecule has 2 nitrogen and oxygen atoms in total. The van der Waals surface area contributed by atoms with Gasteiger partial charge in [-0.05, 0) is 93.3 Å². The third-order valence-corrected chi connectivity index (χ3v) is 7.02. The molecule has 0 unspecified atom stereocenters. The van der Waals surface area contributed by atoms with Crippen molar-refractivity contribution >= 4 is 49.5 Å². The highest BCUT2D eigenvalue weighted by atomic mass is 15.1. The Hall–Kier alpha value is -4.95. The van der Waals surface area contributed by atoms with Gasteiger partial charge < -0.3 is 4.90 Å². The fourth-order valence-corrected chi connectivity index (χ4v) is 5.15. The van der Waals surface area contributed by atoms with Crippen LogP contribution >= 0.6 is 0 Å². The number of nitrogens with zero attached hydrogens (tertiary/aromatic N) is 2. The minimum absolute atomic E-state index is 1.02. The molecule has 0 aliphatic rings. The topological polar surface area (TPSA) is 16.1 Å².